The van der Waals surface area contributed by atoms with E-state index in [1.54, 1.807) is 18.2 Å². The fraction of sp³-hybridized carbons (Fsp3) is 0.417. The van der Waals surface area contributed by atoms with Crippen LogP contribution in [0.4, 0.5) is 5.69 Å². The molecule has 6 heteroatoms. The van der Waals surface area contributed by atoms with Crippen LogP contribution >= 0.6 is 11.6 Å². The van der Waals surface area contributed by atoms with E-state index in [1.807, 2.05) is 0 Å². The zero-order valence-corrected chi connectivity index (χ0v) is 10.7. The Bertz CT molecular complexity index is 433. The van der Waals surface area contributed by atoms with E-state index in [0.717, 1.165) is 19.4 Å². The topological polar surface area (TPSA) is 76.4 Å². The molecule has 2 rings (SSSR count). The van der Waals surface area contributed by atoms with E-state index in [-0.39, 0.29) is 11.9 Å². The predicted molar refractivity (Wildman–Crippen MR) is 70.6 cm³/mol. The van der Waals surface area contributed by atoms with Crippen molar-refractivity contribution in [2.45, 2.75) is 18.9 Å². The first kappa shape index (κ1) is 13.1. The van der Waals surface area contributed by atoms with Gasteiger partial charge in [-0.15, -0.1) is 0 Å². The number of amides is 1. The molecule has 1 saturated heterocycles. The second kappa shape index (κ2) is 6.04. The lowest BCUT2D eigenvalue weighted by molar-refractivity contribution is 0.0624. The van der Waals surface area contributed by atoms with Crippen molar-refractivity contribution >= 4 is 23.2 Å². The van der Waals surface area contributed by atoms with Crippen molar-refractivity contribution in [3.63, 3.8) is 0 Å². The highest BCUT2D eigenvalue weighted by Gasteiger charge is 2.19. The smallest absolute Gasteiger partial charge is 0.253 e. The van der Waals surface area contributed by atoms with Crippen molar-refractivity contribution < 1.29 is 9.53 Å². The molecule has 1 aliphatic rings. The fourth-order valence-corrected chi connectivity index (χ4v) is 2.12. The summed E-state index contributed by atoms with van der Waals surface area (Å²) >= 11 is 5.89. The minimum absolute atomic E-state index is 0.0517. The lowest BCUT2D eigenvalue weighted by atomic mass is 10.1. The fourth-order valence-electron chi connectivity index (χ4n) is 1.95. The molecule has 1 aliphatic heterocycles. The molecule has 0 saturated carbocycles. The molecule has 18 heavy (non-hydrogen) atoms. The van der Waals surface area contributed by atoms with E-state index in [1.165, 1.54) is 0 Å². The van der Waals surface area contributed by atoms with E-state index in [0.29, 0.717) is 22.9 Å². The zero-order chi connectivity index (χ0) is 13.0. The number of ether oxygens (including phenoxy) is 1. The van der Waals surface area contributed by atoms with Gasteiger partial charge in [-0.2, -0.15) is 0 Å². The number of anilines is 1. The van der Waals surface area contributed by atoms with Gasteiger partial charge in [-0.1, -0.05) is 11.6 Å². The second-order valence-electron chi connectivity index (χ2n) is 4.22. The molecule has 5 nitrogen and oxygen atoms in total. The predicted octanol–water partition coefficient (Wildman–Crippen LogP) is 1.53. The van der Waals surface area contributed by atoms with Crippen LogP contribution in [-0.2, 0) is 4.74 Å². The molecule has 1 aromatic carbocycles. The summed E-state index contributed by atoms with van der Waals surface area (Å²) in [4.78, 5) is 12.1. The Balaban J connectivity index is 2.09. The van der Waals surface area contributed by atoms with Gasteiger partial charge in [0.2, 0.25) is 0 Å². The maximum atomic E-state index is 12.1. The molecule has 98 valence electrons. The standard InChI is InChI=1S/C12H16ClN3O2/c13-8-3-4-11(16-14)10(6-8)12(17)15-9-2-1-5-18-7-9/h3-4,6,9,16H,1-2,5,7,14H2,(H,15,17). The number of benzene rings is 1. The quantitative estimate of drug-likeness (QED) is 0.575. The van der Waals surface area contributed by atoms with Gasteiger partial charge in [0.25, 0.3) is 5.91 Å². The number of halogens is 1. The van der Waals surface area contributed by atoms with Crippen LogP contribution in [0, 0.1) is 0 Å². The Morgan fingerprint density at radius 2 is 2.33 bits per heavy atom. The van der Waals surface area contributed by atoms with Gasteiger partial charge >= 0.3 is 0 Å². The number of hydrogen-bond donors (Lipinski definition) is 3. The zero-order valence-electron chi connectivity index (χ0n) is 9.91. The van der Waals surface area contributed by atoms with E-state index < -0.39 is 0 Å². The Morgan fingerprint density at radius 1 is 1.50 bits per heavy atom. The van der Waals surface area contributed by atoms with Gasteiger partial charge in [0.05, 0.1) is 23.9 Å². The maximum absolute atomic E-state index is 12.1. The minimum atomic E-state index is -0.194. The van der Waals surface area contributed by atoms with Crippen LogP contribution < -0.4 is 16.6 Å². The summed E-state index contributed by atoms with van der Waals surface area (Å²) in [6.07, 6.45) is 1.89. The van der Waals surface area contributed by atoms with E-state index in [2.05, 4.69) is 10.7 Å². The summed E-state index contributed by atoms with van der Waals surface area (Å²) in [6.45, 7) is 1.32. The van der Waals surface area contributed by atoms with Crippen molar-refractivity contribution in [3.8, 4) is 0 Å². The molecule has 0 aromatic heterocycles. The summed E-state index contributed by atoms with van der Waals surface area (Å²) in [6, 6.07) is 5.00. The van der Waals surface area contributed by atoms with Gasteiger partial charge in [0.1, 0.15) is 0 Å². The van der Waals surface area contributed by atoms with Gasteiger partial charge in [-0.3, -0.25) is 10.6 Å². The number of hydrazine groups is 1. The number of carbonyl (C=O) groups is 1. The van der Waals surface area contributed by atoms with E-state index >= 15 is 0 Å². The van der Waals surface area contributed by atoms with E-state index in [9.17, 15) is 4.79 Å². The molecule has 0 radical (unpaired) electrons. The minimum Gasteiger partial charge on any atom is -0.379 e. The average molecular weight is 270 g/mol. The Kier molecular flexibility index (Phi) is 4.41. The third-order valence-electron chi connectivity index (χ3n) is 2.88. The van der Waals surface area contributed by atoms with Gasteiger partial charge in [-0.05, 0) is 31.0 Å². The number of nitrogen functional groups attached to an aromatic ring is 1. The summed E-state index contributed by atoms with van der Waals surface area (Å²) in [7, 11) is 0. The molecule has 0 bridgehead atoms. The number of nitrogens with one attached hydrogen (secondary N) is 2. The number of carbonyl (C=O) groups excluding carboxylic acids is 1. The molecule has 1 aromatic rings. The van der Waals surface area contributed by atoms with Crippen molar-refractivity contribution in [1.29, 1.82) is 0 Å². The number of hydrogen-bond acceptors (Lipinski definition) is 4. The normalized spacial score (nSPS) is 19.3. The van der Waals surface area contributed by atoms with Crippen molar-refractivity contribution in [3.05, 3.63) is 28.8 Å². The Hall–Kier alpha value is -1.30. The summed E-state index contributed by atoms with van der Waals surface area (Å²) in [5, 5.41) is 3.42. The van der Waals surface area contributed by atoms with Crippen LogP contribution in [0.1, 0.15) is 23.2 Å². The third-order valence-corrected chi connectivity index (χ3v) is 3.11. The van der Waals surface area contributed by atoms with Gasteiger partial charge in [-0.25, -0.2) is 0 Å². The van der Waals surface area contributed by atoms with Crippen LogP contribution in [-0.4, -0.2) is 25.2 Å². The largest absolute Gasteiger partial charge is 0.379 e. The molecule has 1 atom stereocenters. The summed E-state index contributed by atoms with van der Waals surface area (Å²) in [5.74, 6) is 5.18. The molecule has 1 fully saturated rings. The highest BCUT2D eigenvalue weighted by atomic mass is 35.5. The average Bonchev–Trinajstić information content (AvgIpc) is 2.40. The van der Waals surface area contributed by atoms with E-state index in [4.69, 9.17) is 22.2 Å². The SMILES string of the molecule is NNc1ccc(Cl)cc1C(=O)NC1CCCOC1. The molecular formula is C12H16ClN3O2. The van der Waals surface area contributed by atoms with Crippen molar-refractivity contribution in [2.75, 3.05) is 18.6 Å². The molecule has 4 N–H and O–H groups in total. The Labute approximate surface area is 111 Å². The van der Waals surface area contributed by atoms with Gasteiger partial charge < -0.3 is 15.5 Å². The number of rotatable bonds is 3. The molecule has 1 unspecified atom stereocenters. The molecule has 0 spiro atoms. The van der Waals surface area contributed by atoms with Crippen molar-refractivity contribution in [2.24, 2.45) is 5.84 Å². The molecule has 1 heterocycles. The van der Waals surface area contributed by atoms with Crippen LogP contribution in [0.5, 0.6) is 0 Å². The van der Waals surface area contributed by atoms with Crippen LogP contribution in [0.25, 0.3) is 0 Å². The van der Waals surface area contributed by atoms with Crippen LogP contribution in [0.2, 0.25) is 5.02 Å². The Morgan fingerprint density at radius 3 is 3.00 bits per heavy atom. The lowest BCUT2D eigenvalue weighted by Crippen LogP contribution is -2.40. The summed E-state index contributed by atoms with van der Waals surface area (Å²) < 4.78 is 5.32. The summed E-state index contributed by atoms with van der Waals surface area (Å²) in [5.41, 5.74) is 3.48. The lowest BCUT2D eigenvalue weighted by Gasteiger charge is -2.23. The maximum Gasteiger partial charge on any atom is 0.253 e. The molecule has 0 aliphatic carbocycles. The number of nitrogens with two attached hydrogens (primary N) is 1. The second-order valence-corrected chi connectivity index (χ2v) is 4.66. The third kappa shape index (κ3) is 3.13. The first-order valence-corrected chi connectivity index (χ1v) is 6.23. The van der Waals surface area contributed by atoms with Gasteiger partial charge in [0, 0.05) is 11.6 Å². The monoisotopic (exact) mass is 269 g/mol. The van der Waals surface area contributed by atoms with Crippen LogP contribution in [0.3, 0.4) is 0 Å². The molecular weight excluding hydrogens is 254 g/mol. The molecule has 1 amide bonds. The van der Waals surface area contributed by atoms with Crippen molar-refractivity contribution in [1.82, 2.24) is 5.32 Å². The highest BCUT2D eigenvalue weighted by molar-refractivity contribution is 6.31. The first-order chi connectivity index (χ1) is 8.70. The first-order valence-electron chi connectivity index (χ1n) is 5.85. The van der Waals surface area contributed by atoms with Gasteiger partial charge in [0.15, 0.2) is 0 Å². The van der Waals surface area contributed by atoms with Crippen LogP contribution in [0.15, 0.2) is 18.2 Å². The highest BCUT2D eigenvalue weighted by Crippen LogP contribution is 2.20.